The van der Waals surface area contributed by atoms with Crippen LogP contribution in [0.4, 0.5) is 15.8 Å². The summed E-state index contributed by atoms with van der Waals surface area (Å²) in [6, 6.07) is 19.5. The highest BCUT2D eigenvalue weighted by atomic mass is 35.5. The van der Waals surface area contributed by atoms with Crippen LogP contribution in [0.5, 0.6) is 5.75 Å². The van der Waals surface area contributed by atoms with E-state index in [0.29, 0.717) is 5.75 Å². The Hall–Kier alpha value is -2.50. The number of amides is 1. The van der Waals surface area contributed by atoms with Crippen molar-refractivity contribution in [2.24, 2.45) is 0 Å². The first kappa shape index (κ1) is 16.9. The maximum atomic E-state index is 13.3. The fourth-order valence-corrected chi connectivity index (χ4v) is 3.98. The summed E-state index contributed by atoms with van der Waals surface area (Å²) in [6.07, 6.45) is 0. The molecule has 0 bridgehead atoms. The summed E-state index contributed by atoms with van der Waals surface area (Å²) in [6.45, 7) is -0.185. The van der Waals surface area contributed by atoms with Gasteiger partial charge in [-0.2, -0.15) is 0 Å². The lowest BCUT2D eigenvalue weighted by Crippen LogP contribution is -2.32. The van der Waals surface area contributed by atoms with Crippen LogP contribution in [0.2, 0.25) is 5.02 Å². The van der Waals surface area contributed by atoms with Crippen molar-refractivity contribution in [3.63, 3.8) is 0 Å². The normalized spacial score (nSPS) is 12.3. The van der Waals surface area contributed by atoms with Crippen molar-refractivity contribution in [1.82, 2.24) is 0 Å². The van der Waals surface area contributed by atoms with E-state index in [-0.39, 0.29) is 17.5 Å². The molecule has 0 saturated heterocycles. The van der Waals surface area contributed by atoms with Crippen molar-refractivity contribution in [3.05, 3.63) is 77.6 Å². The van der Waals surface area contributed by atoms with Gasteiger partial charge in [-0.05, 0) is 36.4 Å². The lowest BCUT2D eigenvalue weighted by molar-refractivity contribution is -0.119. The first-order valence-electron chi connectivity index (χ1n) is 7.90. The number of carbonyl (C=O) groups is 1. The zero-order valence-electron chi connectivity index (χ0n) is 13.5. The van der Waals surface area contributed by atoms with E-state index in [9.17, 15) is 9.18 Å². The number of benzene rings is 3. The summed E-state index contributed by atoms with van der Waals surface area (Å²) in [4.78, 5) is 16.6. The van der Waals surface area contributed by atoms with Gasteiger partial charge in [0.05, 0.1) is 16.4 Å². The van der Waals surface area contributed by atoms with Crippen molar-refractivity contribution in [2.75, 3.05) is 11.5 Å². The highest BCUT2D eigenvalue weighted by Gasteiger charge is 2.28. The number of anilines is 2. The minimum Gasteiger partial charge on any atom is -0.484 e. The van der Waals surface area contributed by atoms with Gasteiger partial charge in [-0.3, -0.25) is 9.69 Å². The minimum atomic E-state index is -0.527. The molecule has 0 aliphatic carbocycles. The van der Waals surface area contributed by atoms with Crippen LogP contribution in [0, 0.1) is 5.82 Å². The van der Waals surface area contributed by atoms with E-state index in [1.165, 1.54) is 18.2 Å². The third kappa shape index (κ3) is 3.16. The Kier molecular flexibility index (Phi) is 4.57. The Labute approximate surface area is 159 Å². The molecular weight excluding hydrogens is 373 g/mol. The molecule has 4 rings (SSSR count). The lowest BCUT2D eigenvalue weighted by atomic mass is 10.2. The Morgan fingerprint density at radius 3 is 2.23 bits per heavy atom. The summed E-state index contributed by atoms with van der Waals surface area (Å²) >= 11 is 7.39. The second kappa shape index (κ2) is 7.02. The molecule has 0 radical (unpaired) electrons. The number of nitrogens with zero attached hydrogens (tertiary/aromatic N) is 1. The van der Waals surface area contributed by atoms with Crippen LogP contribution in [0.15, 0.2) is 76.5 Å². The first-order chi connectivity index (χ1) is 12.6. The van der Waals surface area contributed by atoms with Crippen molar-refractivity contribution in [1.29, 1.82) is 0 Å². The van der Waals surface area contributed by atoms with Crippen LogP contribution in [0.3, 0.4) is 0 Å². The summed E-state index contributed by atoms with van der Waals surface area (Å²) in [5.41, 5.74) is 1.64. The summed E-state index contributed by atoms with van der Waals surface area (Å²) < 4.78 is 18.8. The highest BCUT2D eigenvalue weighted by molar-refractivity contribution is 7.99. The van der Waals surface area contributed by atoms with E-state index in [2.05, 4.69) is 0 Å². The zero-order valence-corrected chi connectivity index (χ0v) is 15.1. The molecule has 1 aliphatic rings. The predicted octanol–water partition coefficient (Wildman–Crippen LogP) is 5.69. The second-order valence-electron chi connectivity index (χ2n) is 5.63. The van der Waals surface area contributed by atoms with E-state index < -0.39 is 5.82 Å². The number of ether oxygens (including phenoxy) is 1. The van der Waals surface area contributed by atoms with Crippen LogP contribution in [-0.2, 0) is 4.79 Å². The Bertz CT molecular complexity index is 950. The van der Waals surface area contributed by atoms with Crippen molar-refractivity contribution in [2.45, 2.75) is 9.79 Å². The van der Waals surface area contributed by atoms with Crippen LogP contribution < -0.4 is 9.64 Å². The Morgan fingerprint density at radius 1 is 1.00 bits per heavy atom. The molecule has 0 atom stereocenters. The number of hydrogen-bond donors (Lipinski definition) is 0. The quantitative estimate of drug-likeness (QED) is 0.580. The third-order valence-electron chi connectivity index (χ3n) is 3.94. The number of hydrogen-bond acceptors (Lipinski definition) is 3. The molecule has 3 aromatic rings. The molecule has 0 spiro atoms. The van der Waals surface area contributed by atoms with Crippen LogP contribution in [0.1, 0.15) is 0 Å². The lowest BCUT2D eigenvalue weighted by Gasteiger charge is -2.30. The molecule has 3 nitrogen and oxygen atoms in total. The van der Waals surface area contributed by atoms with E-state index in [1.807, 2.05) is 48.5 Å². The van der Waals surface area contributed by atoms with Gasteiger partial charge in [0.25, 0.3) is 5.91 Å². The molecule has 6 heteroatoms. The molecule has 0 fully saturated rings. The van der Waals surface area contributed by atoms with Gasteiger partial charge >= 0.3 is 0 Å². The second-order valence-corrected chi connectivity index (χ2v) is 7.12. The summed E-state index contributed by atoms with van der Waals surface area (Å²) in [7, 11) is 0. The summed E-state index contributed by atoms with van der Waals surface area (Å²) in [5, 5.41) is -0.0417. The van der Waals surface area contributed by atoms with E-state index in [0.717, 1.165) is 21.2 Å². The molecule has 3 aromatic carbocycles. The van der Waals surface area contributed by atoms with Crippen molar-refractivity contribution < 1.29 is 13.9 Å². The molecular formula is C20H13ClFNO2S. The Balaban J connectivity index is 1.62. The number of para-hydroxylation sites is 2. The molecule has 0 unspecified atom stereocenters. The van der Waals surface area contributed by atoms with Gasteiger partial charge in [-0.15, -0.1) is 0 Å². The van der Waals surface area contributed by atoms with Gasteiger partial charge < -0.3 is 4.74 Å². The molecule has 130 valence electrons. The average molecular weight is 386 g/mol. The smallest absolute Gasteiger partial charge is 0.269 e. The van der Waals surface area contributed by atoms with Crippen LogP contribution >= 0.6 is 23.4 Å². The van der Waals surface area contributed by atoms with Gasteiger partial charge in [0, 0.05) is 15.9 Å². The largest absolute Gasteiger partial charge is 0.484 e. The molecule has 1 aliphatic heterocycles. The van der Waals surface area contributed by atoms with Gasteiger partial charge in [-0.25, -0.2) is 4.39 Å². The SMILES string of the molecule is O=C(COc1ccc(F)c(Cl)c1)N1c2ccccc2Sc2ccccc21. The van der Waals surface area contributed by atoms with Crippen LogP contribution in [-0.4, -0.2) is 12.5 Å². The van der Waals surface area contributed by atoms with Gasteiger partial charge in [0.2, 0.25) is 0 Å². The average Bonchev–Trinajstić information content (AvgIpc) is 2.66. The Morgan fingerprint density at radius 2 is 1.62 bits per heavy atom. The number of halogens is 2. The highest BCUT2D eigenvalue weighted by Crippen LogP contribution is 2.47. The number of fused-ring (bicyclic) bond motifs is 2. The number of rotatable bonds is 3. The molecule has 0 N–H and O–H groups in total. The van der Waals surface area contributed by atoms with Gasteiger partial charge in [0.15, 0.2) is 6.61 Å². The third-order valence-corrected chi connectivity index (χ3v) is 5.35. The van der Waals surface area contributed by atoms with Crippen molar-refractivity contribution >= 4 is 40.6 Å². The number of carbonyl (C=O) groups excluding carboxylic acids is 1. The maximum Gasteiger partial charge on any atom is 0.269 e. The zero-order chi connectivity index (χ0) is 18.1. The van der Waals surface area contributed by atoms with E-state index in [1.54, 1.807) is 16.7 Å². The van der Waals surface area contributed by atoms with Gasteiger partial charge in [-0.1, -0.05) is 47.6 Å². The van der Waals surface area contributed by atoms with Crippen molar-refractivity contribution in [3.8, 4) is 5.75 Å². The summed E-state index contributed by atoms with van der Waals surface area (Å²) in [5.74, 6) is -0.399. The fourth-order valence-electron chi connectivity index (χ4n) is 2.75. The fraction of sp³-hybridized carbons (Fsp3) is 0.0500. The predicted molar refractivity (Wildman–Crippen MR) is 101 cm³/mol. The maximum absolute atomic E-state index is 13.3. The van der Waals surface area contributed by atoms with Crippen LogP contribution in [0.25, 0.3) is 0 Å². The molecule has 1 heterocycles. The van der Waals surface area contributed by atoms with Gasteiger partial charge in [0.1, 0.15) is 11.6 Å². The standard InChI is InChI=1S/C20H13ClFNO2S/c21-14-11-13(9-10-15(14)22)25-12-20(24)23-16-5-1-3-7-18(16)26-19-8-4-2-6-17(19)23/h1-11H,12H2. The minimum absolute atomic E-state index is 0.0417. The first-order valence-corrected chi connectivity index (χ1v) is 9.09. The van der Waals surface area contributed by atoms with E-state index >= 15 is 0 Å². The molecule has 1 amide bonds. The molecule has 0 aromatic heterocycles. The monoisotopic (exact) mass is 385 g/mol. The topological polar surface area (TPSA) is 29.5 Å². The molecule has 0 saturated carbocycles. The molecule has 26 heavy (non-hydrogen) atoms. The van der Waals surface area contributed by atoms with E-state index in [4.69, 9.17) is 16.3 Å².